The number of fused-ring (bicyclic) bond motifs is 1. The van der Waals surface area contributed by atoms with Crippen LogP contribution in [0.1, 0.15) is 53.2 Å². The maximum atomic E-state index is 15.1. The summed E-state index contributed by atoms with van der Waals surface area (Å²) in [5.41, 5.74) is 9.70. The number of rotatable bonds is 6. The zero-order valence-corrected chi connectivity index (χ0v) is 19.7. The predicted molar refractivity (Wildman–Crippen MR) is 132 cm³/mol. The molecule has 1 fully saturated rings. The summed E-state index contributed by atoms with van der Waals surface area (Å²) in [6.45, 7) is 1.93. The molecule has 1 saturated carbocycles. The predicted octanol–water partition coefficient (Wildman–Crippen LogP) is 4.58. The van der Waals surface area contributed by atoms with E-state index < -0.39 is 5.82 Å². The second-order valence-electron chi connectivity index (χ2n) is 8.88. The highest BCUT2D eigenvalue weighted by Crippen LogP contribution is 2.36. The summed E-state index contributed by atoms with van der Waals surface area (Å²) in [5, 5.41) is 8.21. The van der Waals surface area contributed by atoms with Crippen LogP contribution in [0, 0.1) is 12.7 Å². The molecule has 8 nitrogen and oxygen atoms in total. The first-order chi connectivity index (χ1) is 17.0. The molecule has 180 valence electrons. The molecule has 0 radical (unpaired) electrons. The third-order valence-electron chi connectivity index (χ3n) is 6.55. The zero-order chi connectivity index (χ0) is 24.5. The van der Waals surface area contributed by atoms with Crippen LogP contribution in [0.25, 0.3) is 22.3 Å². The molecule has 1 aliphatic rings. The molecular formula is C26H27FN6O2. The fourth-order valence-electron chi connectivity index (χ4n) is 4.71. The Labute approximate surface area is 202 Å². The number of aromatic nitrogens is 4. The topological polar surface area (TPSA) is 108 Å². The van der Waals surface area contributed by atoms with Crippen molar-refractivity contribution in [2.45, 2.75) is 45.2 Å². The number of nitrogens with one attached hydrogen (secondary N) is 1. The molecule has 35 heavy (non-hydrogen) atoms. The molecule has 0 bridgehead atoms. The third kappa shape index (κ3) is 4.29. The van der Waals surface area contributed by atoms with Gasteiger partial charge in [0.05, 0.1) is 24.1 Å². The molecular weight excluding hydrogens is 447 g/mol. The first kappa shape index (κ1) is 22.8. The molecule has 2 aromatic carbocycles. The number of benzene rings is 2. The lowest BCUT2D eigenvalue weighted by atomic mass is 10.1. The number of hydrogen-bond donors (Lipinski definition) is 2. The minimum absolute atomic E-state index is 0.0323. The van der Waals surface area contributed by atoms with Gasteiger partial charge in [-0.2, -0.15) is 5.10 Å². The highest BCUT2D eigenvalue weighted by Gasteiger charge is 2.25. The fourth-order valence-corrected chi connectivity index (χ4v) is 4.71. The molecule has 5 rings (SSSR count). The average Bonchev–Trinajstić information content (AvgIpc) is 3.52. The lowest BCUT2D eigenvalue weighted by Crippen LogP contribution is -2.24. The third-order valence-corrected chi connectivity index (χ3v) is 6.55. The Balaban J connectivity index is 1.42. The van der Waals surface area contributed by atoms with Crippen molar-refractivity contribution < 1.29 is 13.9 Å². The van der Waals surface area contributed by atoms with Crippen LogP contribution in [0.3, 0.4) is 0 Å². The molecule has 1 aliphatic carbocycles. The molecule has 9 heteroatoms. The van der Waals surface area contributed by atoms with Crippen LogP contribution >= 0.6 is 0 Å². The smallest absolute Gasteiger partial charge is 0.255 e. The summed E-state index contributed by atoms with van der Waals surface area (Å²) < 4.78 is 22.3. The molecule has 0 aliphatic heterocycles. The molecule has 4 aromatic rings. The van der Waals surface area contributed by atoms with Crippen molar-refractivity contribution in [2.75, 3.05) is 12.8 Å². The van der Waals surface area contributed by atoms with Gasteiger partial charge in [0.15, 0.2) is 5.65 Å². The highest BCUT2D eigenvalue weighted by atomic mass is 19.1. The summed E-state index contributed by atoms with van der Waals surface area (Å²) >= 11 is 0. The summed E-state index contributed by atoms with van der Waals surface area (Å²) in [6.07, 6.45) is 5.78. The minimum atomic E-state index is -0.446. The van der Waals surface area contributed by atoms with Gasteiger partial charge in [0.2, 0.25) is 0 Å². The maximum Gasteiger partial charge on any atom is 0.255 e. The Hall–Kier alpha value is -4.01. The van der Waals surface area contributed by atoms with Gasteiger partial charge in [-0.25, -0.2) is 19.0 Å². The first-order valence-corrected chi connectivity index (χ1v) is 11.7. The summed E-state index contributed by atoms with van der Waals surface area (Å²) in [4.78, 5) is 21.3. The SMILES string of the molecule is COc1ccc(C)cc1C(=O)NCc1ccc(-c2nn(C3CCCC3)c3ncnc(N)c23)cc1F. The molecule has 0 atom stereocenters. The van der Waals surface area contributed by atoms with Crippen LogP contribution in [-0.4, -0.2) is 32.8 Å². The van der Waals surface area contributed by atoms with E-state index >= 15 is 4.39 Å². The van der Waals surface area contributed by atoms with Crippen LogP contribution in [0.15, 0.2) is 42.7 Å². The second-order valence-corrected chi connectivity index (χ2v) is 8.88. The van der Waals surface area contributed by atoms with E-state index in [1.165, 1.54) is 19.5 Å². The number of methoxy groups -OCH3 is 1. The fraction of sp³-hybridized carbons (Fsp3) is 0.308. The van der Waals surface area contributed by atoms with Gasteiger partial charge in [-0.3, -0.25) is 4.79 Å². The molecule has 0 unspecified atom stereocenters. The van der Waals surface area contributed by atoms with Gasteiger partial charge in [0.25, 0.3) is 5.91 Å². The summed E-state index contributed by atoms with van der Waals surface area (Å²) in [7, 11) is 1.51. The van der Waals surface area contributed by atoms with E-state index in [2.05, 4.69) is 15.3 Å². The van der Waals surface area contributed by atoms with Crippen LogP contribution in [0.2, 0.25) is 0 Å². The van der Waals surface area contributed by atoms with E-state index in [1.807, 2.05) is 17.7 Å². The number of nitrogens with zero attached hydrogens (tertiary/aromatic N) is 4. The van der Waals surface area contributed by atoms with Crippen molar-refractivity contribution in [3.8, 4) is 17.0 Å². The van der Waals surface area contributed by atoms with Crippen LogP contribution in [-0.2, 0) is 6.54 Å². The number of hydrogen-bond acceptors (Lipinski definition) is 6. The summed E-state index contributed by atoms with van der Waals surface area (Å²) in [6, 6.07) is 10.4. The molecule has 0 saturated heterocycles. The standard InChI is InChI=1S/C26H27FN6O2/c1-15-7-10-21(35-2)19(11-15)26(34)29-13-17-9-8-16(12-20(17)27)23-22-24(28)30-14-31-25(22)33(32-23)18-5-3-4-6-18/h7-12,14,18H,3-6,13H2,1-2H3,(H,29,34)(H2,28,30,31). The van der Waals surface area contributed by atoms with Gasteiger partial charge < -0.3 is 15.8 Å². The minimum Gasteiger partial charge on any atom is -0.496 e. The van der Waals surface area contributed by atoms with Gasteiger partial charge in [0.1, 0.15) is 29.4 Å². The van der Waals surface area contributed by atoms with Gasteiger partial charge in [-0.05, 0) is 38.0 Å². The van der Waals surface area contributed by atoms with Crippen molar-refractivity contribution in [3.05, 3.63) is 65.2 Å². The van der Waals surface area contributed by atoms with Crippen LogP contribution in [0.5, 0.6) is 5.75 Å². The van der Waals surface area contributed by atoms with Gasteiger partial charge in [0, 0.05) is 17.7 Å². The van der Waals surface area contributed by atoms with Crippen molar-refractivity contribution >= 4 is 22.8 Å². The van der Waals surface area contributed by atoms with E-state index in [9.17, 15) is 4.79 Å². The molecule has 2 aromatic heterocycles. The molecule has 1 amide bonds. The number of ether oxygens (including phenoxy) is 1. The number of amides is 1. The van der Waals surface area contributed by atoms with E-state index in [4.69, 9.17) is 15.6 Å². The normalized spacial score (nSPS) is 13.9. The van der Waals surface area contributed by atoms with Crippen molar-refractivity contribution in [1.29, 1.82) is 0 Å². The molecule has 2 heterocycles. The number of anilines is 1. The van der Waals surface area contributed by atoms with E-state index in [1.54, 1.807) is 24.3 Å². The van der Waals surface area contributed by atoms with E-state index in [0.29, 0.717) is 45.0 Å². The Morgan fingerprint density at radius 1 is 1.20 bits per heavy atom. The number of nitrogens with two attached hydrogens (primary N) is 1. The van der Waals surface area contributed by atoms with Crippen molar-refractivity contribution in [2.24, 2.45) is 0 Å². The van der Waals surface area contributed by atoms with E-state index in [-0.39, 0.29) is 18.5 Å². The number of halogens is 1. The Kier molecular flexibility index (Phi) is 6.07. The Morgan fingerprint density at radius 3 is 2.74 bits per heavy atom. The van der Waals surface area contributed by atoms with Gasteiger partial charge in [-0.1, -0.05) is 36.6 Å². The zero-order valence-electron chi connectivity index (χ0n) is 19.7. The van der Waals surface area contributed by atoms with Gasteiger partial charge in [-0.15, -0.1) is 0 Å². The highest BCUT2D eigenvalue weighted by molar-refractivity contribution is 5.98. The first-order valence-electron chi connectivity index (χ1n) is 11.7. The Morgan fingerprint density at radius 2 is 2.00 bits per heavy atom. The lowest BCUT2D eigenvalue weighted by Gasteiger charge is -2.11. The van der Waals surface area contributed by atoms with Crippen molar-refractivity contribution in [3.63, 3.8) is 0 Å². The monoisotopic (exact) mass is 474 g/mol. The average molecular weight is 475 g/mol. The second kappa shape index (κ2) is 9.32. The maximum absolute atomic E-state index is 15.1. The van der Waals surface area contributed by atoms with Crippen LogP contribution < -0.4 is 15.8 Å². The van der Waals surface area contributed by atoms with Crippen molar-refractivity contribution in [1.82, 2.24) is 25.1 Å². The number of carbonyl (C=O) groups excluding carboxylic acids is 1. The molecule has 0 spiro atoms. The lowest BCUT2D eigenvalue weighted by molar-refractivity contribution is 0.0947. The van der Waals surface area contributed by atoms with Crippen LogP contribution in [0.4, 0.5) is 10.2 Å². The largest absolute Gasteiger partial charge is 0.496 e. The molecule has 3 N–H and O–H groups in total. The summed E-state index contributed by atoms with van der Waals surface area (Å²) in [5.74, 6) is 0.00444. The number of aryl methyl sites for hydroxylation is 1. The Bertz CT molecular complexity index is 1410. The number of nitrogen functional groups attached to an aromatic ring is 1. The van der Waals surface area contributed by atoms with E-state index in [0.717, 1.165) is 31.2 Å². The quantitative estimate of drug-likeness (QED) is 0.424. The number of carbonyl (C=O) groups is 1. The van der Waals surface area contributed by atoms with Gasteiger partial charge >= 0.3 is 0 Å².